The molecule has 0 bridgehead atoms. The zero-order valence-electron chi connectivity index (χ0n) is 20.6. The number of urea groups is 1. The second-order valence-electron chi connectivity index (χ2n) is 9.78. The van der Waals surface area contributed by atoms with Crippen molar-refractivity contribution in [2.75, 3.05) is 11.9 Å². The lowest BCUT2D eigenvalue weighted by molar-refractivity contribution is 0.240. The van der Waals surface area contributed by atoms with Gasteiger partial charge in [0.05, 0.1) is 23.3 Å². The van der Waals surface area contributed by atoms with E-state index in [2.05, 4.69) is 31.4 Å². The maximum absolute atomic E-state index is 12.3. The molecule has 4 aromatic rings. The van der Waals surface area contributed by atoms with Gasteiger partial charge >= 0.3 is 6.03 Å². The number of hydrogen-bond acceptors (Lipinski definition) is 5. The first-order valence-corrected chi connectivity index (χ1v) is 12.9. The van der Waals surface area contributed by atoms with E-state index in [9.17, 15) is 10.1 Å². The summed E-state index contributed by atoms with van der Waals surface area (Å²) in [5, 5.41) is 21.1. The molecule has 9 nitrogen and oxygen atoms in total. The summed E-state index contributed by atoms with van der Waals surface area (Å²) in [5.41, 5.74) is 4.29. The third-order valence-corrected chi connectivity index (χ3v) is 7.44. The molecule has 2 saturated carbocycles. The number of fused-ring (bicyclic) bond motifs is 1. The van der Waals surface area contributed by atoms with Crippen LogP contribution in [0.15, 0.2) is 55.1 Å². The van der Waals surface area contributed by atoms with Crippen molar-refractivity contribution in [2.24, 2.45) is 0 Å². The van der Waals surface area contributed by atoms with Crippen LogP contribution in [0, 0.1) is 11.3 Å². The lowest BCUT2D eigenvalue weighted by Gasteiger charge is -2.30. The summed E-state index contributed by atoms with van der Waals surface area (Å²) in [5.74, 6) is 0.763. The second-order valence-corrected chi connectivity index (χ2v) is 9.78. The van der Waals surface area contributed by atoms with Gasteiger partial charge in [-0.05, 0) is 68.4 Å². The predicted octanol–water partition coefficient (Wildman–Crippen LogP) is 5.25. The smallest absolute Gasteiger partial charge is 0.319 e. The molecule has 188 valence electrons. The molecule has 9 heteroatoms. The molecule has 2 fully saturated rings. The Kier molecular flexibility index (Phi) is 6.23. The van der Waals surface area contributed by atoms with Crippen molar-refractivity contribution >= 4 is 22.6 Å². The third kappa shape index (κ3) is 4.62. The Balaban J connectivity index is 1.29. The van der Waals surface area contributed by atoms with Gasteiger partial charge in [0.15, 0.2) is 0 Å². The molecule has 37 heavy (non-hydrogen) atoms. The molecule has 6 rings (SSSR count). The molecule has 2 aliphatic rings. The van der Waals surface area contributed by atoms with E-state index in [1.165, 1.54) is 19.2 Å². The monoisotopic (exact) mass is 495 g/mol. The van der Waals surface area contributed by atoms with Crippen molar-refractivity contribution in [3.8, 4) is 23.1 Å². The van der Waals surface area contributed by atoms with Crippen LogP contribution < -0.4 is 15.4 Å². The Morgan fingerprint density at radius 3 is 2.57 bits per heavy atom. The van der Waals surface area contributed by atoms with E-state index < -0.39 is 0 Å². The maximum Gasteiger partial charge on any atom is 0.319 e. The molecule has 0 unspecified atom stereocenters. The summed E-state index contributed by atoms with van der Waals surface area (Å²) in [6, 6.07) is 16.6. The van der Waals surface area contributed by atoms with Crippen LogP contribution in [0.4, 0.5) is 10.5 Å². The number of amides is 2. The van der Waals surface area contributed by atoms with Crippen LogP contribution in [0.1, 0.15) is 50.1 Å². The molecule has 2 N–H and O–H groups in total. The Hall–Kier alpha value is -4.32. The number of carbonyl (C=O) groups excluding carboxylic acids is 1. The van der Waals surface area contributed by atoms with Crippen LogP contribution in [0.3, 0.4) is 0 Å². The highest BCUT2D eigenvalue weighted by Crippen LogP contribution is 2.43. The number of rotatable bonds is 8. The molecule has 0 spiro atoms. The van der Waals surface area contributed by atoms with Crippen molar-refractivity contribution in [2.45, 2.75) is 57.2 Å². The number of carbonyl (C=O) groups is 1. The summed E-state index contributed by atoms with van der Waals surface area (Å²) in [4.78, 5) is 16.2. The number of ether oxygens (including phenoxy) is 1. The summed E-state index contributed by atoms with van der Waals surface area (Å²) >= 11 is 0. The average Bonchev–Trinajstić information content (AvgIpc) is 3.47. The van der Waals surface area contributed by atoms with Crippen LogP contribution in [0.25, 0.3) is 22.2 Å². The minimum Gasteiger partial charge on any atom is -0.492 e. The van der Waals surface area contributed by atoms with Gasteiger partial charge in [-0.2, -0.15) is 10.4 Å². The molecule has 2 aromatic carbocycles. The van der Waals surface area contributed by atoms with Crippen molar-refractivity contribution in [3.63, 3.8) is 0 Å². The van der Waals surface area contributed by atoms with E-state index in [0.717, 1.165) is 59.3 Å². The molecule has 2 amide bonds. The summed E-state index contributed by atoms with van der Waals surface area (Å²) in [7, 11) is 0. The normalized spacial score (nSPS) is 15.5. The lowest BCUT2D eigenvalue weighted by Crippen LogP contribution is -2.41. The first-order valence-electron chi connectivity index (χ1n) is 12.9. The molecule has 2 aromatic heterocycles. The largest absolute Gasteiger partial charge is 0.492 e. The highest BCUT2D eigenvalue weighted by molar-refractivity contribution is 5.96. The molecular formula is C28H29N7O2. The van der Waals surface area contributed by atoms with Crippen LogP contribution in [-0.4, -0.2) is 38.0 Å². The summed E-state index contributed by atoms with van der Waals surface area (Å²) in [6.07, 6.45) is 9.79. The van der Waals surface area contributed by atoms with Crippen molar-refractivity contribution in [1.82, 2.24) is 24.6 Å². The van der Waals surface area contributed by atoms with E-state index in [1.807, 2.05) is 42.5 Å². The number of hydrogen-bond donors (Lipinski definition) is 2. The van der Waals surface area contributed by atoms with Gasteiger partial charge in [-0.15, -0.1) is 0 Å². The fraction of sp³-hybridized carbons (Fsp3) is 0.357. The van der Waals surface area contributed by atoms with E-state index in [4.69, 9.17) is 4.74 Å². The number of aromatic nitrogens is 4. The topological polar surface area (TPSA) is 110 Å². The first kappa shape index (κ1) is 23.1. The molecule has 0 radical (unpaired) electrons. The molecule has 0 saturated heterocycles. The second kappa shape index (κ2) is 9.97. The highest BCUT2D eigenvalue weighted by Gasteiger charge is 2.28. The summed E-state index contributed by atoms with van der Waals surface area (Å²) < 4.78 is 10.1. The third-order valence-electron chi connectivity index (χ3n) is 7.44. The van der Waals surface area contributed by atoms with Crippen LogP contribution in [0.5, 0.6) is 5.75 Å². The Bertz CT molecular complexity index is 1440. The number of nitrogens with one attached hydrogen (secondary N) is 2. The van der Waals surface area contributed by atoms with Gasteiger partial charge in [-0.1, -0.05) is 12.1 Å². The van der Waals surface area contributed by atoms with Gasteiger partial charge < -0.3 is 19.9 Å². The van der Waals surface area contributed by atoms with Crippen LogP contribution >= 0.6 is 0 Å². The Morgan fingerprint density at radius 2 is 1.92 bits per heavy atom. The molecular weight excluding hydrogens is 466 g/mol. The lowest BCUT2D eigenvalue weighted by atomic mass is 9.92. The zero-order valence-corrected chi connectivity index (χ0v) is 20.6. The van der Waals surface area contributed by atoms with Gasteiger partial charge in [0, 0.05) is 29.2 Å². The number of anilines is 1. The van der Waals surface area contributed by atoms with Crippen molar-refractivity contribution < 1.29 is 9.53 Å². The molecule has 0 aliphatic heterocycles. The van der Waals surface area contributed by atoms with Crippen molar-refractivity contribution in [1.29, 1.82) is 5.26 Å². The average molecular weight is 496 g/mol. The predicted molar refractivity (Wildman–Crippen MR) is 140 cm³/mol. The van der Waals surface area contributed by atoms with Gasteiger partial charge in [0.2, 0.25) is 0 Å². The van der Waals surface area contributed by atoms with E-state index in [1.54, 1.807) is 11.0 Å². The van der Waals surface area contributed by atoms with Crippen LogP contribution in [0.2, 0.25) is 0 Å². The SMILES string of the molecule is N#Cc1c(-c2ccc(NC(=O)NC3CCC3)cc2)n(C2CCC2)c2cc(OCCn3cncn3)ccc12. The number of nitriles is 1. The van der Waals surface area contributed by atoms with Crippen LogP contribution in [-0.2, 0) is 6.54 Å². The molecule has 2 heterocycles. The Morgan fingerprint density at radius 1 is 1.11 bits per heavy atom. The standard InChI is InChI=1S/C28H29N7O2/c29-16-25-24-12-11-23(37-14-13-34-18-30-17-31-34)15-26(24)35(22-5-2-6-22)27(25)19-7-9-21(10-8-19)33-28(36)32-20-3-1-4-20/h7-12,15,17-18,20,22H,1-6,13-14H2,(H2,32,33,36). The van der Waals surface area contributed by atoms with Gasteiger partial charge in [-0.3, -0.25) is 0 Å². The maximum atomic E-state index is 12.3. The fourth-order valence-electron chi connectivity index (χ4n) is 5.02. The van der Waals surface area contributed by atoms with E-state index in [-0.39, 0.29) is 12.1 Å². The Labute approximate surface area is 215 Å². The van der Waals surface area contributed by atoms with E-state index >= 15 is 0 Å². The quantitative estimate of drug-likeness (QED) is 0.347. The zero-order chi connectivity index (χ0) is 25.2. The van der Waals surface area contributed by atoms with Gasteiger partial charge in [0.25, 0.3) is 0 Å². The molecule has 2 aliphatic carbocycles. The van der Waals surface area contributed by atoms with Gasteiger partial charge in [0.1, 0.15) is 31.1 Å². The minimum absolute atomic E-state index is 0.171. The number of benzene rings is 2. The van der Waals surface area contributed by atoms with E-state index in [0.29, 0.717) is 24.8 Å². The number of nitrogens with zero attached hydrogens (tertiary/aromatic N) is 5. The highest BCUT2D eigenvalue weighted by atomic mass is 16.5. The first-order chi connectivity index (χ1) is 18.2. The minimum atomic E-state index is -0.171. The fourth-order valence-corrected chi connectivity index (χ4v) is 5.02. The van der Waals surface area contributed by atoms with Gasteiger partial charge in [-0.25, -0.2) is 14.5 Å². The summed E-state index contributed by atoms with van der Waals surface area (Å²) in [6.45, 7) is 1.08. The molecule has 0 atom stereocenters. The van der Waals surface area contributed by atoms with Crippen molar-refractivity contribution in [3.05, 3.63) is 60.7 Å².